The van der Waals surface area contributed by atoms with Crippen LogP contribution in [0.2, 0.25) is 0 Å². The lowest BCUT2D eigenvalue weighted by Crippen LogP contribution is -2.21. The zero-order valence-electron chi connectivity index (χ0n) is 16.7. The Balaban J connectivity index is 1.45. The summed E-state index contributed by atoms with van der Waals surface area (Å²) >= 11 is 3.52. The molecule has 0 atom stereocenters. The number of hydrogen-bond donors (Lipinski definition) is 1. The third kappa shape index (κ3) is 4.45. The maximum absolute atomic E-state index is 13.3. The van der Waals surface area contributed by atoms with Crippen LogP contribution in [-0.2, 0) is 17.9 Å². The van der Waals surface area contributed by atoms with Crippen LogP contribution in [0, 0.1) is 13.8 Å². The number of aromatic nitrogens is 4. The summed E-state index contributed by atoms with van der Waals surface area (Å²) in [6, 6.07) is 8.84. The molecule has 0 bridgehead atoms. The fourth-order valence-electron chi connectivity index (χ4n) is 3.42. The van der Waals surface area contributed by atoms with Crippen molar-refractivity contribution in [3.8, 4) is 0 Å². The smallest absolute Gasteiger partial charge is 0.280 e. The highest BCUT2D eigenvalue weighted by atomic mass is 79.9. The molecule has 0 spiro atoms. The van der Waals surface area contributed by atoms with Gasteiger partial charge in [0.05, 0.1) is 28.1 Å². The van der Waals surface area contributed by atoms with Crippen LogP contribution in [0.25, 0.3) is 0 Å². The van der Waals surface area contributed by atoms with E-state index in [1.165, 1.54) is 6.07 Å². The van der Waals surface area contributed by atoms with E-state index < -0.39 is 12.3 Å². The molecule has 0 unspecified atom stereocenters. The van der Waals surface area contributed by atoms with E-state index in [1.54, 1.807) is 6.07 Å². The van der Waals surface area contributed by atoms with Gasteiger partial charge in [0.15, 0.2) is 0 Å². The van der Waals surface area contributed by atoms with Gasteiger partial charge in [-0.2, -0.15) is 10.2 Å². The Morgan fingerprint density at radius 2 is 2.00 bits per heavy atom. The maximum Gasteiger partial charge on any atom is 0.280 e. The van der Waals surface area contributed by atoms with Crippen molar-refractivity contribution in [2.24, 2.45) is 0 Å². The van der Waals surface area contributed by atoms with E-state index in [1.807, 2.05) is 36.7 Å². The molecule has 1 aliphatic rings. The van der Waals surface area contributed by atoms with Crippen molar-refractivity contribution in [2.45, 2.75) is 52.1 Å². The number of alkyl halides is 2. The van der Waals surface area contributed by atoms with Crippen LogP contribution < -0.4 is 5.32 Å². The maximum atomic E-state index is 13.3. The average Bonchev–Trinajstić information content (AvgIpc) is 3.41. The number of hydrogen-bond acceptors (Lipinski definition) is 3. The van der Waals surface area contributed by atoms with Crippen molar-refractivity contribution in [3.05, 3.63) is 63.1 Å². The number of nitrogens with zero attached hydrogens (tertiary/aromatic N) is 4. The minimum absolute atomic E-state index is 0.212. The molecule has 3 aromatic rings. The summed E-state index contributed by atoms with van der Waals surface area (Å²) in [6.07, 6.45) is -0.740. The number of halogens is 3. The first-order valence-corrected chi connectivity index (χ1v) is 10.5. The van der Waals surface area contributed by atoms with Gasteiger partial charge in [-0.05, 0) is 66.4 Å². The molecular weight excluding hydrogens is 456 g/mol. The molecule has 2 heterocycles. The standard InChI is InChI=1S/C21H22BrF2N5O/c1-12-20(22)13(2)28(26-12)10-14-4-3-5-16(8-14)25-19(30)11-29-18(21(23)24)9-17(27-29)15-6-7-15/h3-5,8-9,15,21H,6-7,10-11H2,1-2H3,(H,25,30). The van der Waals surface area contributed by atoms with Crippen molar-refractivity contribution in [1.29, 1.82) is 0 Å². The molecule has 9 heteroatoms. The molecule has 1 aromatic carbocycles. The first-order valence-electron chi connectivity index (χ1n) is 9.76. The van der Waals surface area contributed by atoms with Crippen LogP contribution >= 0.6 is 15.9 Å². The predicted octanol–water partition coefficient (Wildman–Crippen LogP) is 4.96. The Morgan fingerprint density at radius 3 is 2.63 bits per heavy atom. The Labute approximate surface area is 181 Å². The highest BCUT2D eigenvalue weighted by Gasteiger charge is 2.29. The molecule has 1 aliphatic carbocycles. The van der Waals surface area contributed by atoms with E-state index in [-0.39, 0.29) is 18.2 Å². The molecule has 1 saturated carbocycles. The number of rotatable bonds is 7. The van der Waals surface area contributed by atoms with Gasteiger partial charge in [0.25, 0.3) is 6.43 Å². The minimum Gasteiger partial charge on any atom is -0.324 e. The first kappa shape index (κ1) is 20.7. The van der Waals surface area contributed by atoms with Gasteiger partial charge in [0.2, 0.25) is 5.91 Å². The number of amides is 1. The topological polar surface area (TPSA) is 64.7 Å². The fraction of sp³-hybridized carbons (Fsp3) is 0.381. The molecule has 6 nitrogen and oxygen atoms in total. The second kappa shape index (κ2) is 8.29. The van der Waals surface area contributed by atoms with Crippen molar-refractivity contribution in [3.63, 3.8) is 0 Å². The molecule has 1 N–H and O–H groups in total. The van der Waals surface area contributed by atoms with Crippen LogP contribution in [0.1, 0.15) is 53.5 Å². The molecule has 1 amide bonds. The van der Waals surface area contributed by atoms with Crippen molar-refractivity contribution in [2.75, 3.05) is 5.32 Å². The molecule has 4 rings (SSSR count). The third-order valence-electron chi connectivity index (χ3n) is 5.18. The quantitative estimate of drug-likeness (QED) is 0.522. The van der Waals surface area contributed by atoms with Gasteiger partial charge < -0.3 is 5.32 Å². The highest BCUT2D eigenvalue weighted by Crippen LogP contribution is 2.40. The van der Waals surface area contributed by atoms with Gasteiger partial charge in [0.1, 0.15) is 12.2 Å². The first-order chi connectivity index (χ1) is 14.3. The normalized spacial score (nSPS) is 13.8. The summed E-state index contributed by atoms with van der Waals surface area (Å²) in [4.78, 5) is 12.5. The van der Waals surface area contributed by atoms with Crippen LogP contribution in [0.3, 0.4) is 0 Å². The predicted molar refractivity (Wildman–Crippen MR) is 113 cm³/mol. The fourth-order valence-corrected chi connectivity index (χ4v) is 3.70. The number of carbonyl (C=O) groups is 1. The Hall–Kier alpha value is -2.55. The SMILES string of the molecule is Cc1nn(Cc2cccc(NC(=O)Cn3nc(C4CC4)cc3C(F)F)c2)c(C)c1Br. The van der Waals surface area contributed by atoms with Gasteiger partial charge in [-0.25, -0.2) is 8.78 Å². The summed E-state index contributed by atoms with van der Waals surface area (Å²) in [6.45, 7) is 4.22. The van der Waals surface area contributed by atoms with Gasteiger partial charge in [-0.3, -0.25) is 14.2 Å². The molecule has 158 valence electrons. The zero-order chi connectivity index (χ0) is 21.4. The monoisotopic (exact) mass is 477 g/mol. The Kier molecular flexibility index (Phi) is 5.73. The lowest BCUT2D eigenvalue weighted by molar-refractivity contribution is -0.117. The number of aryl methyl sites for hydroxylation is 1. The molecule has 0 radical (unpaired) electrons. The summed E-state index contributed by atoms with van der Waals surface area (Å²) in [7, 11) is 0. The summed E-state index contributed by atoms with van der Waals surface area (Å²) in [5, 5.41) is 11.5. The Bertz CT molecular complexity index is 1090. The summed E-state index contributed by atoms with van der Waals surface area (Å²) < 4.78 is 30.6. The minimum atomic E-state index is -2.67. The van der Waals surface area contributed by atoms with E-state index in [9.17, 15) is 13.6 Å². The van der Waals surface area contributed by atoms with Crippen molar-refractivity contribution < 1.29 is 13.6 Å². The van der Waals surface area contributed by atoms with Gasteiger partial charge in [-0.15, -0.1) is 0 Å². The molecule has 0 saturated heterocycles. The molecular formula is C21H22BrF2N5O. The number of benzene rings is 1. The van der Waals surface area contributed by atoms with Crippen LogP contribution in [0.15, 0.2) is 34.8 Å². The average molecular weight is 478 g/mol. The third-order valence-corrected chi connectivity index (χ3v) is 6.33. The largest absolute Gasteiger partial charge is 0.324 e. The van der Waals surface area contributed by atoms with Crippen molar-refractivity contribution in [1.82, 2.24) is 19.6 Å². The highest BCUT2D eigenvalue weighted by molar-refractivity contribution is 9.10. The van der Waals surface area contributed by atoms with Gasteiger partial charge in [0, 0.05) is 11.6 Å². The van der Waals surface area contributed by atoms with E-state index in [2.05, 4.69) is 31.4 Å². The van der Waals surface area contributed by atoms with Crippen LogP contribution in [0.5, 0.6) is 0 Å². The van der Waals surface area contributed by atoms with Crippen molar-refractivity contribution >= 4 is 27.5 Å². The van der Waals surface area contributed by atoms with E-state index in [4.69, 9.17) is 0 Å². The van der Waals surface area contributed by atoms with E-state index in [0.29, 0.717) is 17.9 Å². The summed E-state index contributed by atoms with van der Waals surface area (Å²) in [5.41, 5.74) is 3.94. The van der Waals surface area contributed by atoms with Crippen LogP contribution in [0.4, 0.5) is 14.5 Å². The second-order valence-corrected chi connectivity index (χ2v) is 8.41. The number of anilines is 1. The number of nitrogens with one attached hydrogen (secondary N) is 1. The van der Waals surface area contributed by atoms with Gasteiger partial charge >= 0.3 is 0 Å². The lowest BCUT2D eigenvalue weighted by atomic mass is 10.2. The number of carbonyl (C=O) groups excluding carboxylic acids is 1. The van der Waals surface area contributed by atoms with Gasteiger partial charge in [-0.1, -0.05) is 12.1 Å². The second-order valence-electron chi connectivity index (χ2n) is 7.62. The van der Waals surface area contributed by atoms with E-state index >= 15 is 0 Å². The van der Waals surface area contributed by atoms with Crippen LogP contribution in [-0.4, -0.2) is 25.5 Å². The Morgan fingerprint density at radius 1 is 1.23 bits per heavy atom. The lowest BCUT2D eigenvalue weighted by Gasteiger charge is -2.10. The van der Waals surface area contributed by atoms with E-state index in [0.717, 1.165) is 38.9 Å². The molecule has 1 fully saturated rings. The molecule has 0 aliphatic heterocycles. The zero-order valence-corrected chi connectivity index (χ0v) is 18.3. The summed E-state index contributed by atoms with van der Waals surface area (Å²) in [5.74, 6) is -0.147. The molecule has 2 aromatic heterocycles. The molecule has 30 heavy (non-hydrogen) atoms.